The Hall–Kier alpha value is -1.95. The number of carbonyl (C=O) groups is 1. The van der Waals surface area contributed by atoms with Crippen LogP contribution >= 0.6 is 15.9 Å². The molecule has 2 heterocycles. The average Bonchev–Trinajstić information content (AvgIpc) is 2.66. The Morgan fingerprint density at radius 2 is 2.00 bits per heavy atom. The summed E-state index contributed by atoms with van der Waals surface area (Å²) >= 11 is 3.51. The highest BCUT2D eigenvalue weighted by atomic mass is 79.9. The molecule has 1 fully saturated rings. The van der Waals surface area contributed by atoms with Crippen LogP contribution in [0.4, 0.5) is 5.82 Å². The second-order valence-electron chi connectivity index (χ2n) is 8.16. The van der Waals surface area contributed by atoms with Gasteiger partial charge < -0.3 is 10.2 Å². The Kier molecular flexibility index (Phi) is 6.15. The van der Waals surface area contributed by atoms with Crippen LogP contribution in [0.1, 0.15) is 33.6 Å². The number of hydrogen-bond donors (Lipinski definition) is 1. The highest BCUT2D eigenvalue weighted by molar-refractivity contribution is 9.10. The molecule has 1 aliphatic rings. The van der Waals surface area contributed by atoms with E-state index in [9.17, 15) is 4.79 Å². The minimum atomic E-state index is -0.330. The van der Waals surface area contributed by atoms with Gasteiger partial charge in [0.05, 0.1) is 18.1 Å². The Morgan fingerprint density at radius 3 is 2.67 bits per heavy atom. The quantitative estimate of drug-likeness (QED) is 0.785. The highest BCUT2D eigenvalue weighted by Gasteiger charge is 2.24. The molecule has 1 amide bonds. The fourth-order valence-corrected chi connectivity index (χ4v) is 3.56. The molecule has 6 heteroatoms. The van der Waals surface area contributed by atoms with Crippen LogP contribution in [0.3, 0.4) is 0 Å². The molecule has 0 saturated carbocycles. The van der Waals surface area contributed by atoms with Gasteiger partial charge in [0.1, 0.15) is 5.82 Å². The topological polar surface area (TPSA) is 58.1 Å². The van der Waals surface area contributed by atoms with Crippen molar-refractivity contribution in [2.45, 2.75) is 33.6 Å². The van der Waals surface area contributed by atoms with E-state index >= 15 is 0 Å². The van der Waals surface area contributed by atoms with E-state index in [2.05, 4.69) is 37.2 Å². The average molecular weight is 431 g/mol. The van der Waals surface area contributed by atoms with Gasteiger partial charge in [0.15, 0.2) is 0 Å². The van der Waals surface area contributed by atoms with Crippen LogP contribution in [-0.2, 0) is 4.79 Å². The Bertz CT molecular complexity index is 795. The lowest BCUT2D eigenvalue weighted by molar-refractivity contribution is -0.128. The van der Waals surface area contributed by atoms with Crippen molar-refractivity contribution in [3.8, 4) is 11.3 Å². The summed E-state index contributed by atoms with van der Waals surface area (Å²) in [5, 5.41) is 3.09. The molecule has 1 aromatic carbocycles. The maximum absolute atomic E-state index is 12.0. The highest BCUT2D eigenvalue weighted by Crippen LogP contribution is 2.25. The third-order valence-corrected chi connectivity index (χ3v) is 5.41. The first kappa shape index (κ1) is 19.8. The smallest absolute Gasteiger partial charge is 0.225 e. The molecule has 144 valence electrons. The summed E-state index contributed by atoms with van der Waals surface area (Å²) in [6, 6.07) is 8.11. The molecule has 0 spiro atoms. The van der Waals surface area contributed by atoms with Crippen LogP contribution in [-0.4, -0.2) is 35.5 Å². The van der Waals surface area contributed by atoms with Crippen molar-refractivity contribution in [3.05, 3.63) is 41.1 Å². The zero-order valence-electron chi connectivity index (χ0n) is 16.2. The number of rotatable bonds is 4. The van der Waals surface area contributed by atoms with E-state index in [-0.39, 0.29) is 11.3 Å². The fourth-order valence-electron chi connectivity index (χ4n) is 3.16. The van der Waals surface area contributed by atoms with Gasteiger partial charge in [-0.05, 0) is 30.9 Å². The number of piperidine rings is 1. The molecule has 27 heavy (non-hydrogen) atoms. The van der Waals surface area contributed by atoms with Gasteiger partial charge in [0.2, 0.25) is 5.91 Å². The van der Waals surface area contributed by atoms with Crippen LogP contribution in [0.25, 0.3) is 11.3 Å². The van der Waals surface area contributed by atoms with Crippen molar-refractivity contribution < 1.29 is 4.79 Å². The predicted octanol–water partition coefficient (Wildman–Crippen LogP) is 4.28. The molecule has 0 radical (unpaired) electrons. The number of nitrogens with one attached hydrogen (secondary N) is 1. The summed E-state index contributed by atoms with van der Waals surface area (Å²) in [6.07, 6.45) is 5.74. The second kappa shape index (κ2) is 8.38. The number of amides is 1. The predicted molar refractivity (Wildman–Crippen MR) is 113 cm³/mol. The number of halogens is 1. The normalized spacial score (nSPS) is 15.6. The molecule has 0 atom stereocenters. The molecular formula is C21H27BrN4O. The van der Waals surface area contributed by atoms with E-state index in [1.165, 1.54) is 0 Å². The zero-order valence-corrected chi connectivity index (χ0v) is 17.8. The molecule has 1 saturated heterocycles. The number of nitrogens with zero attached hydrogens (tertiary/aromatic N) is 3. The van der Waals surface area contributed by atoms with Crippen molar-refractivity contribution in [2.75, 3.05) is 24.5 Å². The zero-order chi connectivity index (χ0) is 19.4. The van der Waals surface area contributed by atoms with Gasteiger partial charge in [-0.15, -0.1) is 0 Å². The summed E-state index contributed by atoms with van der Waals surface area (Å²) < 4.78 is 1.03. The first-order valence-corrected chi connectivity index (χ1v) is 10.2. The number of benzene rings is 1. The minimum absolute atomic E-state index is 0.123. The lowest BCUT2D eigenvalue weighted by Gasteiger charge is -2.33. The molecule has 3 rings (SSSR count). The summed E-state index contributed by atoms with van der Waals surface area (Å²) in [5.74, 6) is 1.57. The third-order valence-electron chi connectivity index (χ3n) is 4.91. The van der Waals surface area contributed by atoms with Gasteiger partial charge in [-0.25, -0.2) is 4.98 Å². The number of anilines is 1. The van der Waals surface area contributed by atoms with E-state index in [1.807, 2.05) is 45.2 Å². The maximum atomic E-state index is 12.0. The summed E-state index contributed by atoms with van der Waals surface area (Å²) in [4.78, 5) is 23.5. The van der Waals surface area contributed by atoms with Gasteiger partial charge >= 0.3 is 0 Å². The number of hydrogen-bond acceptors (Lipinski definition) is 4. The molecule has 1 aliphatic heterocycles. The Balaban J connectivity index is 1.58. The number of aromatic nitrogens is 2. The molecule has 0 unspecified atom stereocenters. The van der Waals surface area contributed by atoms with E-state index < -0.39 is 0 Å². The maximum Gasteiger partial charge on any atom is 0.225 e. The summed E-state index contributed by atoms with van der Waals surface area (Å²) in [6.45, 7) is 8.47. The molecular weight excluding hydrogens is 404 g/mol. The van der Waals surface area contributed by atoms with E-state index in [4.69, 9.17) is 4.98 Å². The lowest BCUT2D eigenvalue weighted by atomic mass is 9.93. The standard InChI is InChI=1S/C21H27BrN4O/c1-21(2,3)20(27)24-12-15-7-9-26(10-8-15)19-14-23-13-18(25-19)16-5-4-6-17(22)11-16/h4-6,11,13-15H,7-10,12H2,1-3H3,(H,24,27). The van der Waals surface area contributed by atoms with Crippen LogP contribution in [0.5, 0.6) is 0 Å². The summed E-state index contributed by atoms with van der Waals surface area (Å²) in [5.41, 5.74) is 1.61. The van der Waals surface area contributed by atoms with Crippen LogP contribution in [0.2, 0.25) is 0 Å². The third kappa shape index (κ3) is 5.28. The van der Waals surface area contributed by atoms with Gasteiger partial charge in [-0.2, -0.15) is 0 Å². The van der Waals surface area contributed by atoms with E-state index in [0.29, 0.717) is 5.92 Å². The van der Waals surface area contributed by atoms with E-state index in [0.717, 1.165) is 54.0 Å². The van der Waals surface area contributed by atoms with Gasteiger partial charge in [-0.3, -0.25) is 9.78 Å². The second-order valence-corrected chi connectivity index (χ2v) is 9.08. The van der Waals surface area contributed by atoms with Crippen molar-refractivity contribution in [2.24, 2.45) is 11.3 Å². The first-order chi connectivity index (χ1) is 12.8. The SMILES string of the molecule is CC(C)(C)C(=O)NCC1CCN(c2cncc(-c3cccc(Br)c3)n2)CC1. The molecule has 5 nitrogen and oxygen atoms in total. The monoisotopic (exact) mass is 430 g/mol. The van der Waals surface area contributed by atoms with Crippen molar-refractivity contribution >= 4 is 27.7 Å². The first-order valence-electron chi connectivity index (χ1n) is 9.44. The van der Waals surface area contributed by atoms with E-state index in [1.54, 1.807) is 6.20 Å². The van der Waals surface area contributed by atoms with Crippen molar-refractivity contribution in [1.82, 2.24) is 15.3 Å². The largest absolute Gasteiger partial charge is 0.355 e. The van der Waals surface area contributed by atoms with Crippen molar-refractivity contribution in [3.63, 3.8) is 0 Å². The van der Waals surface area contributed by atoms with Gasteiger partial charge in [0.25, 0.3) is 0 Å². The van der Waals surface area contributed by atoms with Crippen molar-refractivity contribution in [1.29, 1.82) is 0 Å². The fraction of sp³-hybridized carbons (Fsp3) is 0.476. The van der Waals surface area contributed by atoms with Crippen LogP contribution in [0, 0.1) is 11.3 Å². The summed E-state index contributed by atoms with van der Waals surface area (Å²) in [7, 11) is 0. The lowest BCUT2D eigenvalue weighted by Crippen LogP contribution is -2.42. The molecule has 1 aromatic heterocycles. The Morgan fingerprint density at radius 1 is 1.26 bits per heavy atom. The molecule has 1 N–H and O–H groups in total. The van der Waals surface area contributed by atoms with Crippen LogP contribution < -0.4 is 10.2 Å². The minimum Gasteiger partial charge on any atom is -0.355 e. The number of carbonyl (C=O) groups excluding carboxylic acids is 1. The van der Waals surface area contributed by atoms with Gasteiger partial charge in [-0.1, -0.05) is 48.8 Å². The molecule has 0 aliphatic carbocycles. The Labute approximate surface area is 169 Å². The molecule has 0 bridgehead atoms. The molecule has 2 aromatic rings. The van der Waals surface area contributed by atoms with Crippen LogP contribution in [0.15, 0.2) is 41.1 Å². The van der Waals surface area contributed by atoms with Gasteiger partial charge in [0, 0.05) is 35.1 Å².